The van der Waals surface area contributed by atoms with Gasteiger partial charge in [-0.25, -0.2) is 0 Å². The van der Waals surface area contributed by atoms with Crippen molar-refractivity contribution >= 4 is 5.91 Å². The third-order valence-corrected chi connectivity index (χ3v) is 4.41. The van der Waals surface area contributed by atoms with E-state index in [-0.39, 0.29) is 23.6 Å². The fourth-order valence-corrected chi connectivity index (χ4v) is 3.07. The summed E-state index contributed by atoms with van der Waals surface area (Å²) in [5, 5.41) is 2.82. The summed E-state index contributed by atoms with van der Waals surface area (Å²) in [7, 11) is 0. The van der Waals surface area contributed by atoms with Crippen LogP contribution in [0.15, 0.2) is 24.3 Å². The van der Waals surface area contributed by atoms with Crippen molar-refractivity contribution in [3.8, 4) is 5.75 Å². The Labute approximate surface area is 145 Å². The summed E-state index contributed by atoms with van der Waals surface area (Å²) in [4.78, 5) is 14.3. The first-order chi connectivity index (χ1) is 11.8. The number of hydrogen-bond donors (Lipinski definition) is 2. The summed E-state index contributed by atoms with van der Waals surface area (Å²) < 4.78 is 40.6. The third kappa shape index (κ3) is 5.89. The average Bonchev–Trinajstić information content (AvgIpc) is 2.58. The highest BCUT2D eigenvalue weighted by Crippen LogP contribution is 2.29. The molecule has 2 unspecified atom stereocenters. The molecule has 1 aromatic carbocycles. The van der Waals surface area contributed by atoms with Gasteiger partial charge >= 0.3 is 6.36 Å². The van der Waals surface area contributed by atoms with E-state index in [2.05, 4.69) is 15.0 Å². The summed E-state index contributed by atoms with van der Waals surface area (Å²) >= 11 is 0. The molecule has 0 aromatic heterocycles. The Morgan fingerprint density at radius 2 is 2.08 bits per heavy atom. The first-order valence-corrected chi connectivity index (χ1v) is 8.37. The molecular formula is C17H24F3N3O2. The molecule has 0 saturated carbocycles. The van der Waals surface area contributed by atoms with Crippen molar-refractivity contribution in [2.75, 3.05) is 26.2 Å². The molecule has 0 bridgehead atoms. The highest BCUT2D eigenvalue weighted by molar-refractivity contribution is 5.78. The lowest BCUT2D eigenvalue weighted by Gasteiger charge is -2.36. The van der Waals surface area contributed by atoms with Crippen LogP contribution in [0, 0.1) is 5.92 Å². The zero-order chi connectivity index (χ0) is 18.4. The van der Waals surface area contributed by atoms with Crippen LogP contribution in [-0.4, -0.2) is 43.3 Å². The quantitative estimate of drug-likeness (QED) is 0.819. The maximum absolute atomic E-state index is 12.2. The van der Waals surface area contributed by atoms with Crippen molar-refractivity contribution in [3.05, 3.63) is 29.8 Å². The summed E-state index contributed by atoms with van der Waals surface area (Å²) in [6, 6.07) is 5.89. The van der Waals surface area contributed by atoms with Crippen molar-refractivity contribution in [1.29, 1.82) is 0 Å². The molecule has 2 rings (SSSR count). The molecule has 1 fully saturated rings. The molecule has 1 amide bonds. The van der Waals surface area contributed by atoms with Crippen LogP contribution in [0.2, 0.25) is 0 Å². The number of halogens is 3. The van der Waals surface area contributed by atoms with Gasteiger partial charge in [0.25, 0.3) is 0 Å². The molecule has 0 spiro atoms. The van der Waals surface area contributed by atoms with Crippen LogP contribution in [0.4, 0.5) is 13.2 Å². The van der Waals surface area contributed by atoms with Crippen LogP contribution in [0.25, 0.3) is 0 Å². The number of nitrogens with one attached hydrogen (secondary N) is 1. The van der Waals surface area contributed by atoms with Crippen molar-refractivity contribution in [2.24, 2.45) is 11.7 Å². The van der Waals surface area contributed by atoms with Crippen molar-refractivity contribution in [1.82, 2.24) is 10.2 Å². The van der Waals surface area contributed by atoms with E-state index >= 15 is 0 Å². The first kappa shape index (κ1) is 19.5. The number of nitrogens with two attached hydrogens (primary N) is 1. The number of amides is 1. The molecule has 3 N–H and O–H groups in total. The van der Waals surface area contributed by atoms with Crippen LogP contribution in [0.3, 0.4) is 0 Å². The predicted molar refractivity (Wildman–Crippen MR) is 87.9 cm³/mol. The van der Waals surface area contributed by atoms with E-state index in [1.54, 1.807) is 12.1 Å². The highest BCUT2D eigenvalue weighted by atomic mass is 19.4. The van der Waals surface area contributed by atoms with E-state index in [1.807, 2.05) is 6.92 Å². The summed E-state index contributed by atoms with van der Waals surface area (Å²) in [6.45, 7) is 4.33. The average molecular weight is 359 g/mol. The monoisotopic (exact) mass is 359 g/mol. The third-order valence-electron chi connectivity index (χ3n) is 4.41. The minimum absolute atomic E-state index is 0.00467. The number of nitrogens with zero attached hydrogens (tertiary/aromatic N) is 1. The largest absolute Gasteiger partial charge is 0.573 e. The standard InChI is InChI=1S/C17H24F3N3O2/c1-12(13-4-6-15(7-5-13)25-17(18,19)20)23-10-2-3-14(11-23)16(24)22-9-8-21/h4-7,12,14H,2-3,8-11,21H2,1H3,(H,22,24). The topological polar surface area (TPSA) is 67.6 Å². The number of carbonyl (C=O) groups excluding carboxylic acids is 1. The Kier molecular flexibility index (Phi) is 6.66. The number of piperidine rings is 1. The Bertz CT molecular complexity index is 563. The van der Waals surface area contributed by atoms with E-state index in [0.29, 0.717) is 19.6 Å². The second kappa shape index (κ2) is 8.53. The van der Waals surface area contributed by atoms with E-state index in [9.17, 15) is 18.0 Å². The van der Waals surface area contributed by atoms with Crippen LogP contribution >= 0.6 is 0 Å². The van der Waals surface area contributed by atoms with E-state index in [1.165, 1.54) is 12.1 Å². The van der Waals surface area contributed by atoms with Crippen molar-refractivity contribution < 1.29 is 22.7 Å². The number of alkyl halides is 3. The first-order valence-electron chi connectivity index (χ1n) is 8.37. The number of ether oxygens (including phenoxy) is 1. The minimum atomic E-state index is -4.69. The number of likely N-dealkylation sites (tertiary alicyclic amines) is 1. The Hall–Kier alpha value is -1.80. The van der Waals surface area contributed by atoms with Crippen LogP contribution in [0.1, 0.15) is 31.4 Å². The van der Waals surface area contributed by atoms with Crippen LogP contribution in [0.5, 0.6) is 5.75 Å². The zero-order valence-corrected chi connectivity index (χ0v) is 14.2. The molecule has 0 aliphatic carbocycles. The zero-order valence-electron chi connectivity index (χ0n) is 14.2. The van der Waals surface area contributed by atoms with Gasteiger partial charge in [-0.1, -0.05) is 12.1 Å². The van der Waals surface area contributed by atoms with Crippen LogP contribution in [-0.2, 0) is 4.79 Å². The molecular weight excluding hydrogens is 335 g/mol. The number of benzene rings is 1. The van der Waals surface area contributed by atoms with E-state index < -0.39 is 6.36 Å². The molecule has 5 nitrogen and oxygen atoms in total. The molecule has 1 saturated heterocycles. The molecule has 8 heteroatoms. The molecule has 25 heavy (non-hydrogen) atoms. The normalized spacial score (nSPS) is 20.1. The molecule has 2 atom stereocenters. The second-order valence-corrected chi connectivity index (χ2v) is 6.21. The molecule has 140 valence electrons. The number of rotatable bonds is 6. The summed E-state index contributed by atoms with van der Waals surface area (Å²) in [5.41, 5.74) is 6.29. The Balaban J connectivity index is 1.97. The Morgan fingerprint density at radius 3 is 2.68 bits per heavy atom. The lowest BCUT2D eigenvalue weighted by molar-refractivity contribution is -0.274. The Morgan fingerprint density at radius 1 is 1.40 bits per heavy atom. The summed E-state index contributed by atoms with van der Waals surface area (Å²) in [6.07, 6.45) is -2.96. The van der Waals surface area contributed by atoms with E-state index in [0.717, 1.165) is 24.9 Å². The number of carbonyl (C=O) groups is 1. The lowest BCUT2D eigenvalue weighted by Crippen LogP contribution is -2.44. The van der Waals surface area contributed by atoms with Gasteiger partial charge in [0.05, 0.1) is 5.92 Å². The van der Waals surface area contributed by atoms with Gasteiger partial charge in [0.1, 0.15) is 5.75 Å². The molecule has 0 radical (unpaired) electrons. The maximum atomic E-state index is 12.2. The van der Waals surface area contributed by atoms with Gasteiger partial charge < -0.3 is 15.8 Å². The van der Waals surface area contributed by atoms with Gasteiger partial charge in [-0.3, -0.25) is 9.69 Å². The molecule has 1 aliphatic rings. The smallest absolute Gasteiger partial charge is 0.406 e. The fourth-order valence-electron chi connectivity index (χ4n) is 3.07. The van der Waals surface area contributed by atoms with Gasteiger partial charge in [0.2, 0.25) is 5.91 Å². The number of hydrogen-bond acceptors (Lipinski definition) is 4. The van der Waals surface area contributed by atoms with Gasteiger partial charge in [-0.05, 0) is 44.0 Å². The van der Waals surface area contributed by atoms with Gasteiger partial charge in [0.15, 0.2) is 0 Å². The SMILES string of the molecule is CC(c1ccc(OC(F)(F)F)cc1)N1CCCC(C(=O)NCCN)C1. The maximum Gasteiger partial charge on any atom is 0.573 e. The lowest BCUT2D eigenvalue weighted by atomic mass is 9.94. The van der Waals surface area contributed by atoms with Crippen LogP contribution < -0.4 is 15.8 Å². The summed E-state index contributed by atoms with van der Waals surface area (Å²) in [5.74, 6) is -0.312. The predicted octanol–water partition coefficient (Wildman–Crippen LogP) is 2.43. The molecule has 1 aromatic rings. The van der Waals surface area contributed by atoms with Gasteiger partial charge in [-0.15, -0.1) is 13.2 Å². The minimum Gasteiger partial charge on any atom is -0.406 e. The second-order valence-electron chi connectivity index (χ2n) is 6.21. The van der Waals surface area contributed by atoms with Gasteiger partial charge in [-0.2, -0.15) is 0 Å². The highest BCUT2D eigenvalue weighted by Gasteiger charge is 2.31. The fraction of sp³-hybridized carbons (Fsp3) is 0.588. The van der Waals surface area contributed by atoms with E-state index in [4.69, 9.17) is 5.73 Å². The van der Waals surface area contributed by atoms with Gasteiger partial charge in [0, 0.05) is 25.7 Å². The van der Waals surface area contributed by atoms with Crippen molar-refractivity contribution in [2.45, 2.75) is 32.2 Å². The molecule has 1 aliphatic heterocycles. The van der Waals surface area contributed by atoms with Crippen molar-refractivity contribution in [3.63, 3.8) is 0 Å². The molecule has 1 heterocycles.